The van der Waals surface area contributed by atoms with Crippen LogP contribution in [0.25, 0.3) is 11.2 Å². The Labute approximate surface area is 214 Å². The molecule has 4 N–H and O–H groups in total. The van der Waals surface area contributed by atoms with E-state index in [-0.39, 0.29) is 30.5 Å². The van der Waals surface area contributed by atoms with E-state index in [1.54, 1.807) is 9.47 Å². The molecule has 0 spiro atoms. The number of hydrogen-bond acceptors (Lipinski definition) is 12. The highest BCUT2D eigenvalue weighted by atomic mass is 16.6. The fourth-order valence-corrected chi connectivity index (χ4v) is 4.61. The number of aromatic nitrogens is 6. The molecule has 3 aromatic rings. The van der Waals surface area contributed by atoms with Gasteiger partial charge in [0.15, 0.2) is 29.3 Å². The average molecular weight is 517 g/mol. The maximum absolute atomic E-state index is 11.0. The van der Waals surface area contributed by atoms with Crippen LogP contribution in [0.1, 0.15) is 83.4 Å². The highest BCUT2D eigenvalue weighted by Crippen LogP contribution is 2.43. The maximum Gasteiger partial charge on any atom is 0.248 e. The zero-order valence-electron chi connectivity index (χ0n) is 21.7. The molecule has 0 aromatic carbocycles. The first-order chi connectivity index (χ1) is 17.8. The van der Waals surface area contributed by atoms with Gasteiger partial charge in [0.2, 0.25) is 17.7 Å². The normalized spacial score (nSPS) is 24.0. The van der Waals surface area contributed by atoms with Crippen molar-refractivity contribution in [2.45, 2.75) is 89.9 Å². The number of ether oxygens (including phenoxy) is 1. The van der Waals surface area contributed by atoms with Gasteiger partial charge in [-0.1, -0.05) is 27.7 Å². The van der Waals surface area contributed by atoms with Gasteiger partial charge in [-0.15, -0.1) is 10.2 Å². The topological polar surface area (TPSA) is 168 Å². The van der Waals surface area contributed by atoms with Crippen LogP contribution >= 0.6 is 0 Å². The molecule has 0 amide bonds. The number of nitrogens with zero attached hydrogens (tertiary/aromatic N) is 7. The molecule has 202 valence electrons. The van der Waals surface area contributed by atoms with Crippen molar-refractivity contribution in [3.8, 4) is 0 Å². The molecule has 1 saturated carbocycles. The molecule has 5 rings (SSSR count). The van der Waals surface area contributed by atoms with Gasteiger partial charge in [-0.05, 0) is 31.6 Å². The molecule has 0 radical (unpaired) electrons. The summed E-state index contributed by atoms with van der Waals surface area (Å²) in [7, 11) is 0. The monoisotopic (exact) mass is 516 g/mol. The van der Waals surface area contributed by atoms with Crippen LogP contribution < -0.4 is 10.2 Å². The minimum atomic E-state index is -1.29. The number of fused-ring (bicyclic) bond motifs is 1. The van der Waals surface area contributed by atoms with Crippen LogP contribution in [0.2, 0.25) is 0 Å². The SMILES string of the molecule is CCC(CC)Nc1nc(N(CO)CC(C)C)nc2c1ncn2[C@@H]1O[C@H](c2nnc(C3CC3)o2)[C@@H](O)[C@H]1O. The van der Waals surface area contributed by atoms with Gasteiger partial charge in [-0.25, -0.2) is 4.98 Å². The molecule has 0 bridgehead atoms. The molecule has 1 saturated heterocycles. The van der Waals surface area contributed by atoms with E-state index in [1.807, 2.05) is 13.8 Å². The third kappa shape index (κ3) is 5.00. The smallest absolute Gasteiger partial charge is 0.248 e. The lowest BCUT2D eigenvalue weighted by Gasteiger charge is -2.24. The molecule has 2 fully saturated rings. The Morgan fingerprint density at radius 2 is 1.84 bits per heavy atom. The van der Waals surface area contributed by atoms with E-state index in [4.69, 9.17) is 19.1 Å². The number of anilines is 2. The Morgan fingerprint density at radius 3 is 2.49 bits per heavy atom. The highest BCUT2D eigenvalue weighted by molar-refractivity contribution is 5.84. The van der Waals surface area contributed by atoms with Crippen LogP contribution in [0.15, 0.2) is 10.7 Å². The lowest BCUT2D eigenvalue weighted by molar-refractivity contribution is -0.0439. The molecule has 4 atom stereocenters. The van der Waals surface area contributed by atoms with E-state index < -0.39 is 24.5 Å². The Balaban J connectivity index is 1.52. The van der Waals surface area contributed by atoms with E-state index in [1.165, 1.54) is 6.33 Å². The van der Waals surface area contributed by atoms with E-state index >= 15 is 0 Å². The average Bonchev–Trinajstić information content (AvgIpc) is 3.35. The van der Waals surface area contributed by atoms with Crippen molar-refractivity contribution in [3.63, 3.8) is 0 Å². The van der Waals surface area contributed by atoms with Gasteiger partial charge in [0.05, 0.1) is 6.33 Å². The van der Waals surface area contributed by atoms with Crippen LogP contribution in [0.3, 0.4) is 0 Å². The molecule has 13 heteroatoms. The van der Waals surface area contributed by atoms with E-state index in [9.17, 15) is 15.3 Å². The first-order valence-electron chi connectivity index (χ1n) is 13.1. The fraction of sp³-hybridized carbons (Fsp3) is 0.708. The van der Waals surface area contributed by atoms with Crippen LogP contribution in [0.4, 0.5) is 11.8 Å². The molecule has 37 heavy (non-hydrogen) atoms. The molecule has 13 nitrogen and oxygen atoms in total. The zero-order chi connectivity index (χ0) is 26.3. The van der Waals surface area contributed by atoms with Crippen molar-refractivity contribution in [2.75, 3.05) is 23.5 Å². The second-order valence-electron chi connectivity index (χ2n) is 10.3. The summed E-state index contributed by atoms with van der Waals surface area (Å²) in [6.45, 7) is 8.56. The Morgan fingerprint density at radius 1 is 1.11 bits per heavy atom. The summed E-state index contributed by atoms with van der Waals surface area (Å²) < 4.78 is 13.4. The van der Waals surface area contributed by atoms with E-state index in [0.717, 1.165) is 25.7 Å². The quantitative estimate of drug-likeness (QED) is 0.274. The lowest BCUT2D eigenvalue weighted by atomic mass is 10.1. The van der Waals surface area contributed by atoms with Crippen LogP contribution in [-0.4, -0.2) is 76.6 Å². The van der Waals surface area contributed by atoms with E-state index in [2.05, 4.69) is 34.3 Å². The Hall–Kier alpha value is -2.87. The van der Waals surface area contributed by atoms with Crippen LogP contribution in [-0.2, 0) is 4.74 Å². The minimum Gasteiger partial charge on any atom is -0.422 e. The van der Waals surface area contributed by atoms with Crippen molar-refractivity contribution in [1.29, 1.82) is 0 Å². The standard InChI is InChI=1S/C24H36N8O5/c1-5-14(6-2)26-19-15-20(28-24(27-19)31(11-33)9-12(3)4)32(10-25-15)23-17(35)16(34)18(36-23)22-30-29-21(37-22)13-7-8-13/h10,12-14,16-18,23,33-35H,5-9,11H2,1-4H3,(H,26,27,28)/t16-,17+,18-,23+/m0/s1. The maximum atomic E-state index is 11.0. The van der Waals surface area contributed by atoms with Crippen molar-refractivity contribution >= 4 is 22.9 Å². The van der Waals surface area contributed by atoms with Crippen molar-refractivity contribution in [3.05, 3.63) is 18.1 Å². The molecule has 1 aliphatic heterocycles. The van der Waals surface area contributed by atoms with Crippen LogP contribution in [0, 0.1) is 5.92 Å². The minimum absolute atomic E-state index is 0.134. The Bertz CT molecular complexity index is 1210. The van der Waals surface area contributed by atoms with Crippen molar-refractivity contribution < 1.29 is 24.5 Å². The predicted octanol–water partition coefficient (Wildman–Crippen LogP) is 2.09. The molecule has 4 heterocycles. The van der Waals surface area contributed by atoms with Gasteiger partial charge >= 0.3 is 0 Å². The second-order valence-corrected chi connectivity index (χ2v) is 10.3. The fourth-order valence-electron chi connectivity index (χ4n) is 4.61. The van der Waals surface area contributed by atoms with Gasteiger partial charge in [-0.2, -0.15) is 9.97 Å². The van der Waals surface area contributed by atoms with Gasteiger partial charge < -0.3 is 34.7 Å². The summed E-state index contributed by atoms with van der Waals surface area (Å²) in [4.78, 5) is 15.6. The molecule has 1 aliphatic carbocycles. The summed E-state index contributed by atoms with van der Waals surface area (Å²) in [5.74, 6) is 2.04. The first-order valence-corrected chi connectivity index (χ1v) is 13.1. The van der Waals surface area contributed by atoms with Gasteiger partial charge in [0.1, 0.15) is 18.9 Å². The number of aliphatic hydroxyl groups excluding tert-OH is 3. The molecule has 3 aromatic heterocycles. The summed E-state index contributed by atoms with van der Waals surface area (Å²) in [6, 6.07) is 0.168. The number of rotatable bonds is 11. The van der Waals surface area contributed by atoms with Crippen LogP contribution in [0.5, 0.6) is 0 Å². The first kappa shape index (κ1) is 25.8. The summed E-state index contributed by atoms with van der Waals surface area (Å²) in [6.07, 6.45) is 0.717. The lowest BCUT2D eigenvalue weighted by Crippen LogP contribution is -2.31. The number of imidazole rings is 1. The molecular weight excluding hydrogens is 480 g/mol. The third-order valence-electron chi connectivity index (χ3n) is 6.91. The highest BCUT2D eigenvalue weighted by Gasteiger charge is 2.48. The predicted molar refractivity (Wildman–Crippen MR) is 134 cm³/mol. The van der Waals surface area contributed by atoms with Gasteiger partial charge in [-0.3, -0.25) is 4.57 Å². The van der Waals surface area contributed by atoms with Crippen molar-refractivity contribution in [1.82, 2.24) is 29.7 Å². The van der Waals surface area contributed by atoms with Gasteiger partial charge in [0, 0.05) is 18.5 Å². The summed E-state index contributed by atoms with van der Waals surface area (Å²) in [5.41, 5.74) is 0.905. The molecule has 2 aliphatic rings. The second kappa shape index (κ2) is 10.5. The van der Waals surface area contributed by atoms with E-state index in [0.29, 0.717) is 35.4 Å². The van der Waals surface area contributed by atoms with Gasteiger partial charge in [0.25, 0.3) is 0 Å². The number of hydrogen-bond donors (Lipinski definition) is 4. The molecule has 0 unspecified atom stereocenters. The Kier molecular flexibility index (Phi) is 7.30. The number of nitrogens with one attached hydrogen (secondary N) is 1. The van der Waals surface area contributed by atoms with Crippen molar-refractivity contribution in [2.24, 2.45) is 5.92 Å². The zero-order valence-corrected chi connectivity index (χ0v) is 21.7. The molecular formula is C24H36N8O5. The third-order valence-corrected chi connectivity index (χ3v) is 6.91. The largest absolute Gasteiger partial charge is 0.422 e. The summed E-state index contributed by atoms with van der Waals surface area (Å²) >= 11 is 0. The number of aliphatic hydroxyl groups is 3. The summed E-state index contributed by atoms with van der Waals surface area (Å²) in [5, 5.41) is 43.4.